The van der Waals surface area contributed by atoms with Gasteiger partial charge in [-0.15, -0.1) is 0 Å². The molecule has 0 fully saturated rings. The fourth-order valence-electron chi connectivity index (χ4n) is 1.85. The first-order valence-electron chi connectivity index (χ1n) is 5.71. The third-order valence-electron chi connectivity index (χ3n) is 2.78. The molecule has 1 heterocycles. The first-order chi connectivity index (χ1) is 8.60. The van der Waals surface area contributed by atoms with Gasteiger partial charge >= 0.3 is 0 Å². The van der Waals surface area contributed by atoms with E-state index in [0.717, 1.165) is 17.0 Å². The van der Waals surface area contributed by atoms with Crippen molar-refractivity contribution in [3.05, 3.63) is 52.8 Å². The lowest BCUT2D eigenvalue weighted by atomic mass is 10.1. The molecule has 0 aliphatic rings. The highest BCUT2D eigenvalue weighted by molar-refractivity contribution is 5.93. The second-order valence-electron chi connectivity index (χ2n) is 4.26. The Morgan fingerprint density at radius 1 is 1.33 bits per heavy atom. The summed E-state index contributed by atoms with van der Waals surface area (Å²) in [4.78, 5) is 11.3. The maximum atomic E-state index is 11.3. The Bertz CT molecular complexity index is 557. The Balaban J connectivity index is 2.16. The molecule has 1 amide bonds. The van der Waals surface area contributed by atoms with Crippen molar-refractivity contribution in [1.82, 2.24) is 15.2 Å². The topological polar surface area (TPSA) is 72.9 Å². The van der Waals surface area contributed by atoms with Gasteiger partial charge in [0.1, 0.15) is 0 Å². The number of amides is 1. The smallest absolute Gasteiger partial charge is 0.265 e. The Morgan fingerprint density at radius 3 is 2.50 bits per heavy atom. The van der Waals surface area contributed by atoms with Crippen LogP contribution in [0.15, 0.2) is 30.3 Å². The summed E-state index contributed by atoms with van der Waals surface area (Å²) in [6, 6.07) is 9.35. The number of carbonyl (C=O) groups is 1. The summed E-state index contributed by atoms with van der Waals surface area (Å²) in [6.07, 6.45) is 0. The van der Waals surface area contributed by atoms with Gasteiger partial charge in [0.15, 0.2) is 0 Å². The Hall–Kier alpha value is -2.14. The third kappa shape index (κ3) is 2.57. The summed E-state index contributed by atoms with van der Waals surface area (Å²) in [6.45, 7) is 4.69. The van der Waals surface area contributed by atoms with Crippen molar-refractivity contribution < 1.29 is 4.79 Å². The predicted molar refractivity (Wildman–Crippen MR) is 68.9 cm³/mol. The number of hydrogen-bond donors (Lipinski definition) is 2. The summed E-state index contributed by atoms with van der Waals surface area (Å²) in [5.41, 5.74) is 5.88. The highest BCUT2D eigenvalue weighted by Gasteiger charge is 2.05. The number of carbonyl (C=O) groups excluding carboxylic acids is 1. The molecular formula is C13H16N4O. The van der Waals surface area contributed by atoms with Crippen molar-refractivity contribution in [3.63, 3.8) is 0 Å². The van der Waals surface area contributed by atoms with Crippen molar-refractivity contribution in [2.45, 2.75) is 20.4 Å². The molecule has 18 heavy (non-hydrogen) atoms. The quantitative estimate of drug-likeness (QED) is 0.483. The van der Waals surface area contributed by atoms with Crippen molar-refractivity contribution in [2.75, 3.05) is 0 Å². The number of nitrogens with two attached hydrogens (primary N) is 1. The standard InChI is InChI=1S/C13H16N4O/c1-9-7-10(2)17(16-9)8-11-3-5-12(6-4-11)13(18)15-14/h3-7H,8,14H2,1-2H3,(H,15,18). The van der Waals surface area contributed by atoms with Crippen molar-refractivity contribution in [1.29, 1.82) is 0 Å². The average molecular weight is 244 g/mol. The van der Waals surface area contributed by atoms with Gasteiger partial charge in [-0.2, -0.15) is 5.10 Å². The molecule has 5 nitrogen and oxygen atoms in total. The fourth-order valence-corrected chi connectivity index (χ4v) is 1.85. The summed E-state index contributed by atoms with van der Waals surface area (Å²) >= 11 is 0. The Labute approximate surface area is 106 Å². The largest absolute Gasteiger partial charge is 0.290 e. The molecular weight excluding hydrogens is 228 g/mol. The number of hydrogen-bond acceptors (Lipinski definition) is 3. The van der Waals surface area contributed by atoms with Gasteiger partial charge < -0.3 is 0 Å². The lowest BCUT2D eigenvalue weighted by Gasteiger charge is -2.05. The summed E-state index contributed by atoms with van der Waals surface area (Å²) in [7, 11) is 0. The van der Waals surface area contributed by atoms with Gasteiger partial charge in [0, 0.05) is 11.3 Å². The van der Waals surface area contributed by atoms with Gasteiger partial charge in [0.05, 0.1) is 12.2 Å². The normalized spacial score (nSPS) is 10.4. The summed E-state index contributed by atoms with van der Waals surface area (Å²) in [5.74, 6) is 4.79. The first-order valence-corrected chi connectivity index (χ1v) is 5.71. The van der Waals surface area contributed by atoms with E-state index in [1.54, 1.807) is 12.1 Å². The second-order valence-corrected chi connectivity index (χ2v) is 4.26. The van der Waals surface area contributed by atoms with Gasteiger partial charge in [-0.25, -0.2) is 5.84 Å². The molecule has 0 radical (unpaired) electrons. The van der Waals surface area contributed by atoms with E-state index in [1.165, 1.54) is 0 Å². The first kappa shape index (κ1) is 12.3. The van der Waals surface area contributed by atoms with Gasteiger partial charge in [-0.3, -0.25) is 14.9 Å². The maximum Gasteiger partial charge on any atom is 0.265 e. The molecule has 0 atom stereocenters. The lowest BCUT2D eigenvalue weighted by Crippen LogP contribution is -2.29. The second kappa shape index (κ2) is 5.01. The van der Waals surface area contributed by atoms with Crippen LogP contribution < -0.4 is 11.3 Å². The third-order valence-corrected chi connectivity index (χ3v) is 2.78. The van der Waals surface area contributed by atoms with Crippen molar-refractivity contribution >= 4 is 5.91 Å². The SMILES string of the molecule is Cc1cc(C)n(Cc2ccc(C(=O)NN)cc2)n1. The number of aromatic nitrogens is 2. The number of nitrogen functional groups attached to an aromatic ring is 1. The summed E-state index contributed by atoms with van der Waals surface area (Å²) in [5, 5.41) is 4.40. The highest BCUT2D eigenvalue weighted by atomic mass is 16.2. The molecule has 1 aromatic heterocycles. The average Bonchev–Trinajstić information content (AvgIpc) is 2.68. The predicted octanol–water partition coefficient (Wildman–Crippen LogP) is 1.15. The molecule has 0 bridgehead atoms. The zero-order chi connectivity index (χ0) is 13.1. The minimum absolute atomic E-state index is 0.285. The van der Waals surface area contributed by atoms with Crippen LogP contribution in [0.1, 0.15) is 27.3 Å². The van der Waals surface area contributed by atoms with Gasteiger partial charge in [-0.1, -0.05) is 12.1 Å². The number of nitrogens with zero attached hydrogens (tertiary/aromatic N) is 2. The van der Waals surface area contributed by atoms with E-state index < -0.39 is 0 Å². The van der Waals surface area contributed by atoms with E-state index in [9.17, 15) is 4.79 Å². The molecule has 3 N–H and O–H groups in total. The number of rotatable bonds is 3. The maximum absolute atomic E-state index is 11.3. The lowest BCUT2D eigenvalue weighted by molar-refractivity contribution is 0.0953. The van der Waals surface area contributed by atoms with E-state index >= 15 is 0 Å². The molecule has 1 aromatic carbocycles. The number of aryl methyl sites for hydroxylation is 2. The molecule has 0 aliphatic heterocycles. The van der Waals surface area contributed by atoms with Crippen LogP contribution in [0, 0.1) is 13.8 Å². The van der Waals surface area contributed by atoms with Gasteiger partial charge in [-0.05, 0) is 37.6 Å². The van der Waals surface area contributed by atoms with Crippen LogP contribution in [-0.2, 0) is 6.54 Å². The van der Waals surface area contributed by atoms with E-state index in [-0.39, 0.29) is 5.91 Å². The van der Waals surface area contributed by atoms with Crippen LogP contribution in [-0.4, -0.2) is 15.7 Å². The van der Waals surface area contributed by atoms with Crippen LogP contribution >= 0.6 is 0 Å². The molecule has 2 rings (SSSR count). The molecule has 94 valence electrons. The van der Waals surface area contributed by atoms with Crippen LogP contribution in [0.3, 0.4) is 0 Å². The van der Waals surface area contributed by atoms with Gasteiger partial charge in [0.25, 0.3) is 5.91 Å². The molecule has 0 saturated heterocycles. The van der Waals surface area contributed by atoms with E-state index in [1.807, 2.05) is 36.7 Å². The molecule has 0 aliphatic carbocycles. The molecule has 0 unspecified atom stereocenters. The highest BCUT2D eigenvalue weighted by Crippen LogP contribution is 2.09. The van der Waals surface area contributed by atoms with Crippen LogP contribution in [0.4, 0.5) is 0 Å². The van der Waals surface area contributed by atoms with Crippen LogP contribution in [0.2, 0.25) is 0 Å². The number of benzene rings is 1. The fraction of sp³-hybridized carbons (Fsp3) is 0.231. The number of hydrazine groups is 1. The van der Waals surface area contributed by atoms with E-state index in [2.05, 4.69) is 10.5 Å². The molecule has 0 saturated carbocycles. The van der Waals surface area contributed by atoms with E-state index in [0.29, 0.717) is 12.1 Å². The van der Waals surface area contributed by atoms with Gasteiger partial charge in [0.2, 0.25) is 0 Å². The van der Waals surface area contributed by atoms with E-state index in [4.69, 9.17) is 5.84 Å². The minimum Gasteiger partial charge on any atom is -0.290 e. The number of nitrogens with one attached hydrogen (secondary N) is 1. The molecule has 0 spiro atoms. The monoisotopic (exact) mass is 244 g/mol. The molecule has 2 aromatic rings. The Morgan fingerprint density at radius 2 is 2.00 bits per heavy atom. The van der Waals surface area contributed by atoms with Crippen LogP contribution in [0.25, 0.3) is 0 Å². The zero-order valence-electron chi connectivity index (χ0n) is 10.5. The summed E-state index contributed by atoms with van der Waals surface area (Å²) < 4.78 is 1.94. The van der Waals surface area contributed by atoms with Crippen molar-refractivity contribution in [3.8, 4) is 0 Å². The van der Waals surface area contributed by atoms with Crippen LogP contribution in [0.5, 0.6) is 0 Å². The molecule has 5 heteroatoms. The minimum atomic E-state index is -0.285. The zero-order valence-corrected chi connectivity index (χ0v) is 10.5. The Kier molecular flexibility index (Phi) is 3.43. The van der Waals surface area contributed by atoms with Crippen molar-refractivity contribution in [2.24, 2.45) is 5.84 Å².